The van der Waals surface area contributed by atoms with Crippen LogP contribution in [-0.2, 0) is 0 Å². The van der Waals surface area contributed by atoms with Crippen LogP contribution in [0.5, 0.6) is 0 Å². The van der Waals surface area contributed by atoms with Crippen molar-refractivity contribution in [3.63, 3.8) is 0 Å². The van der Waals surface area contributed by atoms with Gasteiger partial charge in [-0.2, -0.15) is 0 Å². The van der Waals surface area contributed by atoms with Gasteiger partial charge in [-0.15, -0.1) is 0 Å². The molecule has 0 bridgehead atoms. The van der Waals surface area contributed by atoms with Gasteiger partial charge in [0.25, 0.3) is 0 Å². The van der Waals surface area contributed by atoms with E-state index in [1.165, 1.54) is 15.8 Å². The third-order valence-corrected chi connectivity index (χ3v) is 21.5. The molecule has 0 heterocycles. The zero-order valence-electron chi connectivity index (χ0n) is 13.4. The predicted molar refractivity (Wildman–Crippen MR) is 93.4 cm³/mol. The first kappa shape index (κ1) is 18.1. The Morgan fingerprint density at radius 1 is 1.17 bits per heavy atom. The van der Waals surface area contributed by atoms with Gasteiger partial charge in [-0.25, -0.2) is 0 Å². The van der Waals surface area contributed by atoms with Crippen LogP contribution >= 0.6 is 0 Å². The third-order valence-electron chi connectivity index (χ3n) is 4.06. The second kappa shape index (κ2) is 7.61. The van der Waals surface area contributed by atoms with Crippen LogP contribution < -0.4 is 0 Å². The monoisotopic (exact) mass is 343 g/mol. The molecule has 18 heavy (non-hydrogen) atoms. The van der Waals surface area contributed by atoms with E-state index in [1.807, 2.05) is 0 Å². The first-order valence-electron chi connectivity index (χ1n) is 7.23. The molecule has 0 spiro atoms. The Labute approximate surface area is 120 Å². The topological polar surface area (TPSA) is 3.24 Å². The second-order valence-corrected chi connectivity index (χ2v) is 23.3. The van der Waals surface area contributed by atoms with E-state index in [9.17, 15) is 0 Å². The standard InChI is InChI=1S/C14H31GeNSi2/c1-9-15(10-2,11-3)13-14-18(7,8)16(12-4)17(5)6/h12,17H,4,9-11H2,1-3,5-8H3. The molecule has 0 aromatic carbocycles. The van der Waals surface area contributed by atoms with Gasteiger partial charge < -0.3 is 0 Å². The van der Waals surface area contributed by atoms with E-state index in [1.54, 1.807) is 0 Å². The summed E-state index contributed by atoms with van der Waals surface area (Å²) in [6.07, 6.45) is 2.05. The number of hydrogen-bond acceptors (Lipinski definition) is 1. The molecule has 0 aliphatic carbocycles. The summed E-state index contributed by atoms with van der Waals surface area (Å²) in [6.45, 7) is 20.5. The normalized spacial score (nSPS) is 12.0. The van der Waals surface area contributed by atoms with Gasteiger partial charge in [0.05, 0.1) is 0 Å². The molecule has 104 valence electrons. The van der Waals surface area contributed by atoms with E-state index in [0.29, 0.717) is 0 Å². The molecule has 1 nitrogen and oxygen atoms in total. The van der Waals surface area contributed by atoms with Crippen LogP contribution in [0.2, 0.25) is 41.9 Å². The van der Waals surface area contributed by atoms with Crippen LogP contribution in [0.3, 0.4) is 0 Å². The van der Waals surface area contributed by atoms with Crippen molar-refractivity contribution >= 4 is 30.5 Å². The first-order chi connectivity index (χ1) is 8.28. The summed E-state index contributed by atoms with van der Waals surface area (Å²) in [4.78, 5) is 0. The molecule has 0 amide bonds. The van der Waals surface area contributed by atoms with Crippen LogP contribution in [0.1, 0.15) is 20.8 Å². The average molecular weight is 342 g/mol. The van der Waals surface area contributed by atoms with Crippen molar-refractivity contribution in [2.75, 3.05) is 0 Å². The fraction of sp³-hybridized carbons (Fsp3) is 0.714. The maximum absolute atomic E-state index is 4.00. The zero-order chi connectivity index (χ0) is 14.4. The molecule has 0 aromatic heterocycles. The molecule has 0 radical (unpaired) electrons. The Morgan fingerprint density at radius 2 is 1.61 bits per heavy atom. The summed E-state index contributed by atoms with van der Waals surface area (Å²) in [5.74, 6) is 0. The molecule has 0 aliphatic heterocycles. The fourth-order valence-corrected chi connectivity index (χ4v) is 17.2. The van der Waals surface area contributed by atoms with Crippen molar-refractivity contribution in [3.05, 3.63) is 12.8 Å². The fourth-order valence-electron chi connectivity index (χ4n) is 2.45. The minimum absolute atomic E-state index is 0.827. The van der Waals surface area contributed by atoms with E-state index >= 15 is 0 Å². The third kappa shape index (κ3) is 4.64. The number of nitrogens with zero attached hydrogens (tertiary/aromatic N) is 1. The summed E-state index contributed by atoms with van der Waals surface area (Å²) >= 11 is -1.83. The van der Waals surface area contributed by atoms with Crippen molar-refractivity contribution in [1.29, 1.82) is 0 Å². The summed E-state index contributed by atoms with van der Waals surface area (Å²) in [5.41, 5.74) is 3.75. The van der Waals surface area contributed by atoms with Gasteiger partial charge in [0.1, 0.15) is 0 Å². The number of hydrogen-bond donors (Lipinski definition) is 0. The van der Waals surface area contributed by atoms with Crippen molar-refractivity contribution < 1.29 is 0 Å². The molecular formula is C14H31GeNSi2. The summed E-state index contributed by atoms with van der Waals surface area (Å²) in [6, 6.07) is 0. The summed E-state index contributed by atoms with van der Waals surface area (Å²) in [5, 5.41) is 4.03. The Bertz CT molecular complexity index is 316. The zero-order valence-corrected chi connectivity index (χ0v) is 17.7. The molecule has 0 saturated carbocycles. The Hall–Kier alpha value is 0.0766. The quantitative estimate of drug-likeness (QED) is 0.516. The molecule has 0 rings (SSSR count). The molecule has 0 saturated heterocycles. The van der Waals surface area contributed by atoms with E-state index in [0.717, 1.165) is 0 Å². The Kier molecular flexibility index (Phi) is 7.65. The van der Waals surface area contributed by atoms with Gasteiger partial charge in [0, 0.05) is 0 Å². The SMILES string of the molecule is C=CN([SiH](C)C)[Si](C)(C)C#[C][Ge]([CH2]C)([CH2]C)[CH2]C. The molecule has 0 fully saturated rings. The average Bonchev–Trinajstić information content (AvgIpc) is 2.31. The van der Waals surface area contributed by atoms with Gasteiger partial charge >= 0.3 is 120 Å². The van der Waals surface area contributed by atoms with E-state index in [4.69, 9.17) is 0 Å². The first-order valence-corrected chi connectivity index (χ1v) is 18.5. The van der Waals surface area contributed by atoms with Gasteiger partial charge in [-0.05, 0) is 0 Å². The Morgan fingerprint density at radius 3 is 1.89 bits per heavy atom. The minimum atomic E-state index is -1.83. The Balaban J connectivity index is 5.23. The molecule has 0 aromatic rings. The van der Waals surface area contributed by atoms with Crippen LogP contribution in [0, 0.1) is 10.3 Å². The van der Waals surface area contributed by atoms with Crippen molar-refractivity contribution in [3.8, 4) is 10.3 Å². The maximum atomic E-state index is 4.00. The summed E-state index contributed by atoms with van der Waals surface area (Å²) < 4.78 is 6.36. The second-order valence-electron chi connectivity index (χ2n) is 5.83. The predicted octanol–water partition coefficient (Wildman–Crippen LogP) is 4.21. The molecule has 0 unspecified atom stereocenters. The van der Waals surface area contributed by atoms with Gasteiger partial charge in [-0.1, -0.05) is 0 Å². The van der Waals surface area contributed by atoms with Crippen LogP contribution in [0.4, 0.5) is 0 Å². The van der Waals surface area contributed by atoms with E-state index < -0.39 is 30.5 Å². The van der Waals surface area contributed by atoms with Gasteiger partial charge in [0.2, 0.25) is 0 Å². The van der Waals surface area contributed by atoms with Crippen LogP contribution in [0.15, 0.2) is 12.8 Å². The molecule has 0 atom stereocenters. The van der Waals surface area contributed by atoms with Crippen molar-refractivity contribution in [2.24, 2.45) is 0 Å². The van der Waals surface area contributed by atoms with Crippen LogP contribution in [-0.4, -0.2) is 34.7 Å². The van der Waals surface area contributed by atoms with Crippen molar-refractivity contribution in [1.82, 2.24) is 4.23 Å². The number of rotatable bonds is 6. The molecule has 0 N–H and O–H groups in total. The van der Waals surface area contributed by atoms with Crippen molar-refractivity contribution in [2.45, 2.75) is 62.7 Å². The van der Waals surface area contributed by atoms with Gasteiger partial charge in [-0.3, -0.25) is 0 Å². The summed E-state index contributed by atoms with van der Waals surface area (Å²) in [7, 11) is -2.42. The molecule has 4 heteroatoms. The van der Waals surface area contributed by atoms with Crippen LogP contribution in [0.25, 0.3) is 0 Å². The molecular weight excluding hydrogens is 311 g/mol. The van der Waals surface area contributed by atoms with E-state index in [-0.39, 0.29) is 0 Å². The van der Waals surface area contributed by atoms with Gasteiger partial charge in [0.15, 0.2) is 0 Å². The van der Waals surface area contributed by atoms with E-state index in [2.05, 4.69) is 74.3 Å². The molecule has 0 aliphatic rings.